The molecule has 0 atom stereocenters. The molecule has 0 aromatic heterocycles. The standard InChI is InChI=1S/C15H26N4O/c1-5-15(20)17-13-11-12(16)7-8-14(13)19(6-2)10-9-18(3)4/h7-8,11H,5-6,9-10,16H2,1-4H3,(H,17,20). The van der Waals surface area contributed by atoms with Crippen molar-refractivity contribution in [1.29, 1.82) is 0 Å². The Balaban J connectivity index is 2.98. The van der Waals surface area contributed by atoms with Crippen molar-refractivity contribution in [3.05, 3.63) is 18.2 Å². The van der Waals surface area contributed by atoms with Crippen LogP contribution in [0.5, 0.6) is 0 Å². The number of benzene rings is 1. The van der Waals surface area contributed by atoms with Crippen LogP contribution in [0.1, 0.15) is 20.3 Å². The first-order valence-corrected chi connectivity index (χ1v) is 7.07. The van der Waals surface area contributed by atoms with E-state index in [-0.39, 0.29) is 5.91 Å². The summed E-state index contributed by atoms with van der Waals surface area (Å²) in [6.07, 6.45) is 0.456. The Morgan fingerprint density at radius 1 is 1.25 bits per heavy atom. The molecule has 0 aliphatic heterocycles. The average molecular weight is 278 g/mol. The summed E-state index contributed by atoms with van der Waals surface area (Å²) in [5.41, 5.74) is 8.29. The van der Waals surface area contributed by atoms with Gasteiger partial charge in [-0.3, -0.25) is 4.79 Å². The number of rotatable bonds is 7. The van der Waals surface area contributed by atoms with Crippen molar-refractivity contribution in [3.8, 4) is 0 Å². The van der Waals surface area contributed by atoms with Crippen LogP contribution in [0.15, 0.2) is 18.2 Å². The lowest BCUT2D eigenvalue weighted by Crippen LogP contribution is -2.32. The SMILES string of the molecule is CCC(=O)Nc1cc(N)ccc1N(CC)CCN(C)C. The largest absolute Gasteiger partial charge is 0.399 e. The van der Waals surface area contributed by atoms with Crippen molar-refractivity contribution in [2.45, 2.75) is 20.3 Å². The molecule has 1 rings (SSSR count). The van der Waals surface area contributed by atoms with Gasteiger partial charge in [0.1, 0.15) is 0 Å². The molecule has 0 bridgehead atoms. The maximum absolute atomic E-state index is 11.6. The van der Waals surface area contributed by atoms with Gasteiger partial charge >= 0.3 is 0 Å². The molecular formula is C15H26N4O. The van der Waals surface area contributed by atoms with Crippen LogP contribution in [0, 0.1) is 0 Å². The van der Waals surface area contributed by atoms with Gasteiger partial charge in [0.25, 0.3) is 0 Å². The van der Waals surface area contributed by atoms with E-state index in [9.17, 15) is 4.79 Å². The Morgan fingerprint density at radius 2 is 1.95 bits per heavy atom. The van der Waals surface area contributed by atoms with Crippen molar-refractivity contribution >= 4 is 23.0 Å². The van der Waals surface area contributed by atoms with Gasteiger partial charge < -0.3 is 20.9 Å². The Bertz CT molecular complexity index is 445. The normalized spacial score (nSPS) is 10.7. The minimum absolute atomic E-state index is 0.000475. The average Bonchev–Trinajstić information content (AvgIpc) is 2.40. The summed E-state index contributed by atoms with van der Waals surface area (Å²) in [4.78, 5) is 16.0. The van der Waals surface area contributed by atoms with Gasteiger partial charge in [-0.15, -0.1) is 0 Å². The number of nitrogens with zero attached hydrogens (tertiary/aromatic N) is 2. The molecule has 5 nitrogen and oxygen atoms in total. The van der Waals surface area contributed by atoms with Crippen molar-refractivity contribution in [1.82, 2.24) is 4.90 Å². The molecule has 0 aliphatic carbocycles. The third kappa shape index (κ3) is 4.74. The van der Waals surface area contributed by atoms with E-state index < -0.39 is 0 Å². The number of carbonyl (C=O) groups is 1. The molecule has 0 saturated heterocycles. The number of carbonyl (C=O) groups excluding carboxylic acids is 1. The number of hydrogen-bond acceptors (Lipinski definition) is 4. The van der Waals surface area contributed by atoms with Crippen LogP contribution in [0.25, 0.3) is 0 Å². The molecule has 1 aromatic rings. The fourth-order valence-electron chi connectivity index (χ4n) is 1.94. The molecule has 0 saturated carbocycles. The fourth-order valence-corrected chi connectivity index (χ4v) is 1.94. The summed E-state index contributed by atoms with van der Waals surface area (Å²) in [6.45, 7) is 6.69. The second-order valence-electron chi connectivity index (χ2n) is 5.06. The second-order valence-corrected chi connectivity index (χ2v) is 5.06. The lowest BCUT2D eigenvalue weighted by Gasteiger charge is -2.27. The van der Waals surface area contributed by atoms with Gasteiger partial charge in [0, 0.05) is 31.7 Å². The first-order chi connectivity index (χ1) is 9.47. The quantitative estimate of drug-likeness (QED) is 0.749. The van der Waals surface area contributed by atoms with E-state index in [1.54, 1.807) is 0 Å². The van der Waals surface area contributed by atoms with E-state index >= 15 is 0 Å². The number of nitrogen functional groups attached to an aromatic ring is 1. The summed E-state index contributed by atoms with van der Waals surface area (Å²) in [5.74, 6) is 0.000475. The zero-order valence-electron chi connectivity index (χ0n) is 12.9. The van der Waals surface area contributed by atoms with Crippen LogP contribution >= 0.6 is 0 Å². The first-order valence-electron chi connectivity index (χ1n) is 7.07. The Labute approximate surface area is 121 Å². The van der Waals surface area contributed by atoms with Crippen LogP contribution in [0.3, 0.4) is 0 Å². The fraction of sp³-hybridized carbons (Fsp3) is 0.533. The van der Waals surface area contributed by atoms with E-state index in [4.69, 9.17) is 5.73 Å². The van der Waals surface area contributed by atoms with Crippen LogP contribution in [-0.4, -0.2) is 44.5 Å². The summed E-state index contributed by atoms with van der Waals surface area (Å²) >= 11 is 0. The number of nitrogens with one attached hydrogen (secondary N) is 1. The zero-order valence-corrected chi connectivity index (χ0v) is 12.9. The van der Waals surface area contributed by atoms with Gasteiger partial charge in [-0.25, -0.2) is 0 Å². The maximum atomic E-state index is 11.6. The van der Waals surface area contributed by atoms with Gasteiger partial charge in [0.2, 0.25) is 5.91 Å². The smallest absolute Gasteiger partial charge is 0.224 e. The predicted octanol–water partition coefficient (Wildman–Crippen LogP) is 2.01. The third-order valence-electron chi connectivity index (χ3n) is 3.16. The van der Waals surface area contributed by atoms with E-state index in [0.717, 1.165) is 31.0 Å². The highest BCUT2D eigenvalue weighted by Crippen LogP contribution is 2.28. The minimum atomic E-state index is 0.000475. The van der Waals surface area contributed by atoms with Crippen LogP contribution in [-0.2, 0) is 4.79 Å². The second kappa shape index (κ2) is 7.75. The van der Waals surface area contributed by atoms with E-state index in [0.29, 0.717) is 12.1 Å². The van der Waals surface area contributed by atoms with Gasteiger partial charge in [-0.2, -0.15) is 0 Å². The molecule has 0 unspecified atom stereocenters. The summed E-state index contributed by atoms with van der Waals surface area (Å²) in [5, 5.41) is 2.93. The minimum Gasteiger partial charge on any atom is -0.399 e. The van der Waals surface area contributed by atoms with Crippen LogP contribution in [0.2, 0.25) is 0 Å². The molecule has 0 fully saturated rings. The van der Waals surface area contributed by atoms with Gasteiger partial charge in [-0.1, -0.05) is 6.92 Å². The third-order valence-corrected chi connectivity index (χ3v) is 3.16. The molecule has 20 heavy (non-hydrogen) atoms. The predicted molar refractivity (Wildman–Crippen MR) is 86.2 cm³/mol. The van der Waals surface area contributed by atoms with E-state index in [2.05, 4.69) is 36.1 Å². The topological polar surface area (TPSA) is 61.6 Å². The number of amides is 1. The highest BCUT2D eigenvalue weighted by atomic mass is 16.1. The molecule has 0 spiro atoms. The Hall–Kier alpha value is -1.75. The van der Waals surface area contributed by atoms with E-state index in [1.165, 1.54) is 0 Å². The van der Waals surface area contributed by atoms with Crippen molar-refractivity contribution in [2.75, 3.05) is 49.7 Å². The van der Waals surface area contributed by atoms with Crippen LogP contribution in [0.4, 0.5) is 17.1 Å². The molecule has 1 aromatic carbocycles. The van der Waals surface area contributed by atoms with Gasteiger partial charge in [-0.05, 0) is 39.2 Å². The number of anilines is 3. The summed E-state index contributed by atoms with van der Waals surface area (Å²) in [7, 11) is 4.10. The molecular weight excluding hydrogens is 252 g/mol. The molecule has 3 N–H and O–H groups in total. The molecule has 5 heteroatoms. The molecule has 0 heterocycles. The van der Waals surface area contributed by atoms with Crippen molar-refractivity contribution in [3.63, 3.8) is 0 Å². The molecule has 112 valence electrons. The number of hydrogen-bond donors (Lipinski definition) is 2. The lowest BCUT2D eigenvalue weighted by molar-refractivity contribution is -0.115. The molecule has 0 radical (unpaired) electrons. The van der Waals surface area contributed by atoms with Crippen LogP contribution < -0.4 is 16.0 Å². The van der Waals surface area contributed by atoms with Gasteiger partial charge in [0.05, 0.1) is 11.4 Å². The maximum Gasteiger partial charge on any atom is 0.224 e. The number of nitrogens with two attached hydrogens (primary N) is 1. The van der Waals surface area contributed by atoms with E-state index in [1.807, 2.05) is 25.1 Å². The summed E-state index contributed by atoms with van der Waals surface area (Å²) in [6, 6.07) is 5.66. The molecule has 0 aliphatic rings. The highest BCUT2D eigenvalue weighted by molar-refractivity contribution is 5.95. The lowest BCUT2D eigenvalue weighted by atomic mass is 10.2. The molecule has 1 amide bonds. The Morgan fingerprint density at radius 3 is 2.50 bits per heavy atom. The van der Waals surface area contributed by atoms with Crippen molar-refractivity contribution in [2.24, 2.45) is 0 Å². The monoisotopic (exact) mass is 278 g/mol. The van der Waals surface area contributed by atoms with Gasteiger partial charge in [0.15, 0.2) is 0 Å². The summed E-state index contributed by atoms with van der Waals surface area (Å²) < 4.78 is 0. The van der Waals surface area contributed by atoms with Crippen molar-refractivity contribution < 1.29 is 4.79 Å². The first kappa shape index (κ1) is 16.3. The number of likely N-dealkylation sites (N-methyl/N-ethyl adjacent to an activating group) is 2. The zero-order chi connectivity index (χ0) is 15.1. The highest BCUT2D eigenvalue weighted by Gasteiger charge is 2.12. The Kier molecular flexibility index (Phi) is 6.31.